The number of halogens is 2. The zero-order valence-corrected chi connectivity index (χ0v) is 15.2. The Morgan fingerprint density at radius 3 is 2.44 bits per heavy atom. The molecule has 0 radical (unpaired) electrons. The van der Waals surface area contributed by atoms with Crippen LogP contribution in [-0.2, 0) is 14.4 Å². The summed E-state index contributed by atoms with van der Waals surface area (Å²) in [6.45, 7) is 1.93. The minimum absolute atomic E-state index is 0.00483. The molecule has 2 amide bonds. The summed E-state index contributed by atoms with van der Waals surface area (Å²) in [5.41, 5.74) is 0. The molecule has 0 bridgehead atoms. The fourth-order valence-corrected chi connectivity index (χ4v) is 2.87. The lowest BCUT2D eigenvalue weighted by Crippen LogP contribution is -2.47. The van der Waals surface area contributed by atoms with Gasteiger partial charge in [0.05, 0.1) is 12.5 Å². The van der Waals surface area contributed by atoms with E-state index in [1.807, 2.05) is 0 Å². The molecule has 1 aliphatic heterocycles. The van der Waals surface area contributed by atoms with Crippen molar-refractivity contribution in [3.8, 4) is 5.75 Å². The molecule has 1 atom stereocenters. The third-order valence-electron chi connectivity index (χ3n) is 4.50. The molecule has 27 heavy (non-hydrogen) atoms. The van der Waals surface area contributed by atoms with Gasteiger partial charge in [-0.2, -0.15) is 0 Å². The molecule has 0 saturated carbocycles. The van der Waals surface area contributed by atoms with E-state index in [2.05, 4.69) is 0 Å². The first-order valence-electron chi connectivity index (χ1n) is 8.56. The highest BCUT2D eigenvalue weighted by atomic mass is 19.2. The number of likely N-dealkylation sites (tertiary alicyclic amines) is 1. The van der Waals surface area contributed by atoms with Crippen molar-refractivity contribution in [3.05, 3.63) is 29.8 Å². The Bertz CT molecular complexity index is 720. The molecule has 1 saturated heterocycles. The van der Waals surface area contributed by atoms with Crippen LogP contribution in [0.4, 0.5) is 8.78 Å². The number of likely N-dealkylation sites (N-methyl/N-ethyl adjacent to an activating group) is 1. The molecule has 148 valence electrons. The van der Waals surface area contributed by atoms with Crippen molar-refractivity contribution < 1.29 is 33.0 Å². The predicted molar refractivity (Wildman–Crippen MR) is 91.0 cm³/mol. The van der Waals surface area contributed by atoms with Crippen LogP contribution in [0.2, 0.25) is 0 Å². The Morgan fingerprint density at radius 2 is 1.89 bits per heavy atom. The van der Waals surface area contributed by atoms with Crippen LogP contribution in [0.15, 0.2) is 18.2 Å². The quantitative estimate of drug-likeness (QED) is 0.804. The smallest absolute Gasteiger partial charge is 0.306 e. The number of hydrogen-bond acceptors (Lipinski definition) is 4. The number of ether oxygens (including phenoxy) is 1. The number of aliphatic carboxylic acids is 1. The number of carbonyl (C=O) groups excluding carboxylic acids is 2. The first-order chi connectivity index (χ1) is 12.7. The van der Waals surface area contributed by atoms with E-state index in [0.29, 0.717) is 25.9 Å². The van der Waals surface area contributed by atoms with Gasteiger partial charge in [-0.05, 0) is 31.9 Å². The summed E-state index contributed by atoms with van der Waals surface area (Å²) >= 11 is 0. The van der Waals surface area contributed by atoms with Gasteiger partial charge in [0, 0.05) is 26.2 Å². The minimum Gasteiger partial charge on any atom is -0.481 e. The Balaban J connectivity index is 1.86. The second-order valence-electron chi connectivity index (χ2n) is 6.52. The number of rotatable bonds is 6. The van der Waals surface area contributed by atoms with Crippen LogP contribution in [-0.4, -0.2) is 65.5 Å². The highest BCUT2D eigenvalue weighted by Gasteiger charge is 2.29. The third kappa shape index (κ3) is 5.38. The average Bonchev–Trinajstić information content (AvgIpc) is 2.64. The van der Waals surface area contributed by atoms with Crippen LogP contribution >= 0.6 is 0 Å². The van der Waals surface area contributed by atoms with Crippen LogP contribution in [0.25, 0.3) is 0 Å². The van der Waals surface area contributed by atoms with Gasteiger partial charge in [-0.15, -0.1) is 0 Å². The van der Waals surface area contributed by atoms with Gasteiger partial charge in [-0.25, -0.2) is 8.78 Å². The molecule has 0 spiro atoms. The van der Waals surface area contributed by atoms with Crippen LogP contribution < -0.4 is 4.74 Å². The van der Waals surface area contributed by atoms with Gasteiger partial charge in [-0.3, -0.25) is 14.4 Å². The molecule has 1 unspecified atom stereocenters. The maximum atomic E-state index is 13.2. The van der Waals surface area contributed by atoms with Gasteiger partial charge in [0.2, 0.25) is 5.91 Å². The zero-order valence-electron chi connectivity index (χ0n) is 15.2. The van der Waals surface area contributed by atoms with Gasteiger partial charge >= 0.3 is 5.97 Å². The molecule has 1 aromatic rings. The largest absolute Gasteiger partial charge is 0.481 e. The monoisotopic (exact) mass is 384 g/mol. The Kier molecular flexibility index (Phi) is 6.70. The Labute approximate surface area is 155 Å². The van der Waals surface area contributed by atoms with Gasteiger partial charge < -0.3 is 19.6 Å². The summed E-state index contributed by atoms with van der Waals surface area (Å²) in [7, 11) is 1.44. The van der Waals surface area contributed by atoms with Crippen LogP contribution in [0.5, 0.6) is 5.75 Å². The van der Waals surface area contributed by atoms with Crippen molar-refractivity contribution >= 4 is 17.8 Å². The molecule has 0 aromatic heterocycles. The first-order valence-corrected chi connectivity index (χ1v) is 8.56. The first kappa shape index (κ1) is 20.6. The molecular formula is C18H22F2N2O5. The van der Waals surface area contributed by atoms with Crippen molar-refractivity contribution in [1.82, 2.24) is 9.80 Å². The van der Waals surface area contributed by atoms with Crippen LogP contribution in [0, 0.1) is 17.6 Å². The highest BCUT2D eigenvalue weighted by molar-refractivity contribution is 5.87. The second kappa shape index (κ2) is 8.79. The zero-order chi connectivity index (χ0) is 20.1. The van der Waals surface area contributed by atoms with E-state index >= 15 is 0 Å². The predicted octanol–water partition coefficient (Wildman–Crippen LogP) is 1.51. The number of piperidine rings is 1. The van der Waals surface area contributed by atoms with Crippen LogP contribution in [0.1, 0.15) is 19.8 Å². The summed E-state index contributed by atoms with van der Waals surface area (Å²) in [6, 6.07) is 2.95. The average molecular weight is 384 g/mol. The van der Waals surface area contributed by atoms with E-state index in [4.69, 9.17) is 9.84 Å². The van der Waals surface area contributed by atoms with Gasteiger partial charge in [0.15, 0.2) is 17.7 Å². The fourth-order valence-electron chi connectivity index (χ4n) is 2.87. The number of carbonyl (C=O) groups is 3. The van der Waals surface area contributed by atoms with Crippen molar-refractivity contribution in [2.75, 3.05) is 26.7 Å². The molecule has 1 aromatic carbocycles. The van der Waals surface area contributed by atoms with Gasteiger partial charge in [0.25, 0.3) is 5.91 Å². The SMILES string of the molecule is CC(Oc1ccc(F)c(F)c1)C(=O)N(C)CC(=O)N1CCC(C(=O)O)CC1. The topological polar surface area (TPSA) is 87.2 Å². The van der Waals surface area contributed by atoms with Gasteiger partial charge in [0.1, 0.15) is 5.75 Å². The molecule has 1 aliphatic rings. The highest BCUT2D eigenvalue weighted by Crippen LogP contribution is 2.19. The molecule has 1 heterocycles. The van der Waals surface area contributed by atoms with E-state index in [1.54, 1.807) is 0 Å². The molecule has 0 aliphatic carbocycles. The number of carboxylic acids is 1. The Morgan fingerprint density at radius 1 is 1.26 bits per heavy atom. The summed E-state index contributed by atoms with van der Waals surface area (Å²) in [5, 5.41) is 8.98. The minimum atomic E-state index is -1.08. The molecule has 1 N–H and O–H groups in total. The number of amides is 2. The fraction of sp³-hybridized carbons (Fsp3) is 0.500. The third-order valence-corrected chi connectivity index (χ3v) is 4.50. The molecular weight excluding hydrogens is 362 g/mol. The van der Waals surface area contributed by atoms with Gasteiger partial charge in [-0.1, -0.05) is 0 Å². The molecule has 2 rings (SSSR count). The maximum absolute atomic E-state index is 13.2. The lowest BCUT2D eigenvalue weighted by molar-refractivity contribution is -0.147. The van der Waals surface area contributed by atoms with E-state index in [0.717, 1.165) is 12.1 Å². The van der Waals surface area contributed by atoms with Crippen molar-refractivity contribution in [2.24, 2.45) is 5.92 Å². The van der Waals surface area contributed by atoms with E-state index in [-0.39, 0.29) is 18.2 Å². The number of benzene rings is 1. The summed E-state index contributed by atoms with van der Waals surface area (Å²) in [4.78, 5) is 38.3. The standard InChI is InChI=1S/C18H22F2N2O5/c1-11(27-13-3-4-14(19)15(20)9-13)17(24)21(2)10-16(23)22-7-5-12(6-8-22)18(25)26/h3-4,9,11-12H,5-8,10H2,1-2H3,(H,25,26). The molecule has 9 heteroatoms. The Hall–Kier alpha value is -2.71. The second-order valence-corrected chi connectivity index (χ2v) is 6.52. The number of hydrogen-bond donors (Lipinski definition) is 1. The summed E-state index contributed by atoms with van der Waals surface area (Å²) < 4.78 is 31.5. The summed E-state index contributed by atoms with van der Waals surface area (Å²) in [5.74, 6) is -4.18. The van der Waals surface area contributed by atoms with E-state index in [1.165, 1.54) is 29.8 Å². The number of carboxylic acid groups (broad SMARTS) is 1. The normalized spacial score (nSPS) is 15.9. The van der Waals surface area contributed by atoms with Crippen LogP contribution in [0.3, 0.4) is 0 Å². The van der Waals surface area contributed by atoms with Crippen molar-refractivity contribution in [3.63, 3.8) is 0 Å². The number of nitrogens with zero attached hydrogens (tertiary/aromatic N) is 2. The maximum Gasteiger partial charge on any atom is 0.306 e. The van der Waals surface area contributed by atoms with Crippen molar-refractivity contribution in [2.45, 2.75) is 25.9 Å². The summed E-state index contributed by atoms with van der Waals surface area (Å²) in [6.07, 6.45) is -0.228. The van der Waals surface area contributed by atoms with E-state index in [9.17, 15) is 23.2 Å². The molecule has 1 fully saturated rings. The lowest BCUT2D eigenvalue weighted by Gasteiger charge is -2.31. The molecule has 7 nitrogen and oxygen atoms in total. The van der Waals surface area contributed by atoms with Crippen molar-refractivity contribution in [1.29, 1.82) is 0 Å². The van der Waals surface area contributed by atoms with E-state index < -0.39 is 35.5 Å². The lowest BCUT2D eigenvalue weighted by atomic mass is 9.97.